The minimum absolute atomic E-state index is 0.805. The van der Waals surface area contributed by atoms with Crippen LogP contribution in [0.4, 0.5) is 17.1 Å². The van der Waals surface area contributed by atoms with Crippen LogP contribution in [0.1, 0.15) is 12.8 Å². The summed E-state index contributed by atoms with van der Waals surface area (Å²) in [6.07, 6.45) is 4.58. The number of nitrogens with zero attached hydrogens (tertiary/aromatic N) is 3. The van der Waals surface area contributed by atoms with E-state index in [2.05, 4.69) is 75.6 Å². The summed E-state index contributed by atoms with van der Waals surface area (Å²) in [5.74, 6) is 0. The maximum atomic E-state index is 6.04. The molecule has 1 fully saturated rings. The van der Waals surface area contributed by atoms with Crippen LogP contribution in [0.3, 0.4) is 0 Å². The standard InChI is InChI=1S/C27H30ClN3S2/c1-32-23-12-13-27-25(20-23)31(24-6-2-3-7-26(24)33-27)15-5-4-14-29-16-18-30(19-17-29)22-10-8-21(28)9-11-22/h2-3,6-13,20H,4-5,14-19H2,1H3. The van der Waals surface area contributed by atoms with Crippen LogP contribution in [-0.2, 0) is 0 Å². The largest absolute Gasteiger partial charge is 0.369 e. The van der Waals surface area contributed by atoms with Gasteiger partial charge in [-0.05, 0) is 80.2 Å². The minimum Gasteiger partial charge on any atom is -0.369 e. The first-order valence-corrected chi connectivity index (χ1v) is 14.1. The summed E-state index contributed by atoms with van der Waals surface area (Å²) in [4.78, 5) is 11.7. The molecular formula is C27H30ClN3S2. The number of benzene rings is 3. The highest BCUT2D eigenvalue weighted by molar-refractivity contribution is 8.00. The van der Waals surface area contributed by atoms with Gasteiger partial charge in [-0.15, -0.1) is 11.8 Å². The van der Waals surface area contributed by atoms with Crippen molar-refractivity contribution in [3.05, 3.63) is 71.8 Å². The van der Waals surface area contributed by atoms with E-state index >= 15 is 0 Å². The first kappa shape index (κ1) is 23.0. The average molecular weight is 496 g/mol. The van der Waals surface area contributed by atoms with Gasteiger partial charge < -0.3 is 9.80 Å². The van der Waals surface area contributed by atoms with Gasteiger partial charge in [-0.3, -0.25) is 4.90 Å². The molecule has 0 aromatic heterocycles. The average Bonchev–Trinajstić information content (AvgIpc) is 2.86. The van der Waals surface area contributed by atoms with Crippen molar-refractivity contribution in [2.24, 2.45) is 0 Å². The van der Waals surface area contributed by atoms with Crippen LogP contribution in [0.25, 0.3) is 0 Å². The van der Waals surface area contributed by atoms with Gasteiger partial charge in [0.05, 0.1) is 11.4 Å². The summed E-state index contributed by atoms with van der Waals surface area (Å²) < 4.78 is 0. The van der Waals surface area contributed by atoms with Crippen molar-refractivity contribution in [3.8, 4) is 0 Å². The van der Waals surface area contributed by atoms with E-state index in [0.29, 0.717) is 0 Å². The number of halogens is 1. The van der Waals surface area contributed by atoms with E-state index < -0.39 is 0 Å². The van der Waals surface area contributed by atoms with Crippen LogP contribution in [0, 0.1) is 0 Å². The molecule has 0 bridgehead atoms. The lowest BCUT2D eigenvalue weighted by Gasteiger charge is -2.36. The Labute approximate surface area is 211 Å². The molecule has 3 aromatic rings. The van der Waals surface area contributed by atoms with Crippen molar-refractivity contribution in [2.45, 2.75) is 27.5 Å². The summed E-state index contributed by atoms with van der Waals surface area (Å²) in [5, 5.41) is 0.805. The third kappa shape index (κ3) is 5.32. The monoisotopic (exact) mass is 495 g/mol. The fourth-order valence-electron chi connectivity index (χ4n) is 4.66. The number of rotatable bonds is 7. The van der Waals surface area contributed by atoms with Crippen LogP contribution in [-0.4, -0.2) is 50.4 Å². The molecule has 3 nitrogen and oxygen atoms in total. The second-order valence-electron chi connectivity index (χ2n) is 8.57. The number of para-hydroxylation sites is 1. The Morgan fingerprint density at radius 3 is 2.33 bits per heavy atom. The Bertz CT molecular complexity index is 1080. The number of thioether (sulfide) groups is 1. The molecule has 33 heavy (non-hydrogen) atoms. The van der Waals surface area contributed by atoms with Gasteiger partial charge in [-0.2, -0.15) is 0 Å². The topological polar surface area (TPSA) is 9.72 Å². The van der Waals surface area contributed by atoms with Crippen molar-refractivity contribution >= 4 is 52.2 Å². The minimum atomic E-state index is 0.805. The molecule has 2 heterocycles. The van der Waals surface area contributed by atoms with Gasteiger partial charge in [0, 0.05) is 58.1 Å². The zero-order valence-corrected chi connectivity index (χ0v) is 21.4. The van der Waals surface area contributed by atoms with Crippen molar-refractivity contribution < 1.29 is 0 Å². The van der Waals surface area contributed by atoms with Gasteiger partial charge in [-0.1, -0.05) is 35.5 Å². The maximum Gasteiger partial charge on any atom is 0.0564 e. The highest BCUT2D eigenvalue weighted by Gasteiger charge is 2.23. The van der Waals surface area contributed by atoms with Crippen molar-refractivity contribution in [1.82, 2.24) is 4.90 Å². The van der Waals surface area contributed by atoms with Gasteiger partial charge in [0.1, 0.15) is 0 Å². The lowest BCUT2D eigenvalue weighted by molar-refractivity contribution is 0.253. The highest BCUT2D eigenvalue weighted by atomic mass is 35.5. The van der Waals surface area contributed by atoms with Gasteiger partial charge in [0.15, 0.2) is 0 Å². The second-order valence-corrected chi connectivity index (χ2v) is 11.0. The van der Waals surface area contributed by atoms with E-state index in [1.165, 1.54) is 51.1 Å². The van der Waals surface area contributed by atoms with E-state index in [1.54, 1.807) is 0 Å². The molecule has 0 atom stereocenters. The third-order valence-electron chi connectivity index (χ3n) is 6.50. The van der Waals surface area contributed by atoms with E-state index in [1.807, 2.05) is 35.7 Å². The summed E-state index contributed by atoms with van der Waals surface area (Å²) in [6.45, 7) is 6.67. The predicted molar refractivity (Wildman–Crippen MR) is 145 cm³/mol. The van der Waals surface area contributed by atoms with Crippen LogP contribution in [0.2, 0.25) is 5.02 Å². The molecule has 5 rings (SSSR count). The van der Waals surface area contributed by atoms with Gasteiger partial charge in [0.2, 0.25) is 0 Å². The molecule has 1 saturated heterocycles. The van der Waals surface area contributed by atoms with Crippen LogP contribution in [0.5, 0.6) is 0 Å². The lowest BCUT2D eigenvalue weighted by atomic mass is 10.2. The normalized spacial score (nSPS) is 15.9. The quantitative estimate of drug-likeness (QED) is 0.251. The fourth-order valence-corrected chi connectivity index (χ4v) is 6.30. The van der Waals surface area contributed by atoms with E-state index in [4.69, 9.17) is 11.6 Å². The summed E-state index contributed by atoms with van der Waals surface area (Å²) >= 11 is 9.75. The molecule has 0 amide bonds. The van der Waals surface area contributed by atoms with Gasteiger partial charge >= 0.3 is 0 Å². The second kappa shape index (κ2) is 10.6. The zero-order chi connectivity index (χ0) is 22.6. The van der Waals surface area contributed by atoms with E-state index in [0.717, 1.165) is 37.7 Å². The first-order chi connectivity index (χ1) is 16.2. The van der Waals surface area contributed by atoms with Crippen LogP contribution in [0.15, 0.2) is 81.4 Å². The molecule has 172 valence electrons. The summed E-state index contributed by atoms with van der Waals surface area (Å²) in [6, 6.07) is 24.0. The molecule has 0 unspecified atom stereocenters. The Morgan fingerprint density at radius 2 is 1.55 bits per heavy atom. The molecule has 0 saturated carbocycles. The molecule has 0 N–H and O–H groups in total. The number of anilines is 3. The van der Waals surface area contributed by atoms with Crippen molar-refractivity contribution in [1.29, 1.82) is 0 Å². The predicted octanol–water partition coefficient (Wildman–Crippen LogP) is 7.27. The summed E-state index contributed by atoms with van der Waals surface area (Å²) in [7, 11) is 0. The lowest BCUT2D eigenvalue weighted by Crippen LogP contribution is -2.46. The first-order valence-electron chi connectivity index (χ1n) is 11.7. The molecule has 0 aliphatic carbocycles. The molecule has 3 aromatic carbocycles. The van der Waals surface area contributed by atoms with E-state index in [-0.39, 0.29) is 0 Å². The number of hydrogen-bond donors (Lipinski definition) is 0. The highest BCUT2D eigenvalue weighted by Crippen LogP contribution is 2.48. The van der Waals surface area contributed by atoms with E-state index in [9.17, 15) is 0 Å². The van der Waals surface area contributed by atoms with Crippen LogP contribution < -0.4 is 9.80 Å². The number of piperazine rings is 1. The molecule has 6 heteroatoms. The van der Waals surface area contributed by atoms with Crippen molar-refractivity contribution in [2.75, 3.05) is 55.3 Å². The molecule has 0 spiro atoms. The number of unbranched alkanes of at least 4 members (excludes halogenated alkanes) is 1. The Kier molecular flexibility index (Phi) is 7.41. The van der Waals surface area contributed by atoms with Crippen molar-refractivity contribution in [3.63, 3.8) is 0 Å². The molecular weight excluding hydrogens is 466 g/mol. The SMILES string of the molecule is CSc1ccc2c(c1)N(CCCCN1CCN(c3ccc(Cl)cc3)CC1)c1ccccc1S2. The Hall–Kier alpha value is -1.79. The smallest absolute Gasteiger partial charge is 0.0564 e. The number of hydrogen-bond acceptors (Lipinski definition) is 5. The Morgan fingerprint density at radius 1 is 0.818 bits per heavy atom. The molecule has 2 aliphatic rings. The third-order valence-corrected chi connectivity index (χ3v) is 8.61. The van der Waals surface area contributed by atoms with Gasteiger partial charge in [-0.25, -0.2) is 0 Å². The maximum absolute atomic E-state index is 6.04. The fraction of sp³-hybridized carbons (Fsp3) is 0.333. The zero-order valence-electron chi connectivity index (χ0n) is 19.0. The van der Waals surface area contributed by atoms with Gasteiger partial charge in [0.25, 0.3) is 0 Å². The number of fused-ring (bicyclic) bond motifs is 2. The summed E-state index contributed by atoms with van der Waals surface area (Å²) in [5.41, 5.74) is 4.00. The Balaban J connectivity index is 1.16. The van der Waals surface area contributed by atoms with Crippen LogP contribution >= 0.6 is 35.1 Å². The molecule has 2 aliphatic heterocycles. The molecule has 0 radical (unpaired) electrons.